The first kappa shape index (κ1) is 23.0. The second kappa shape index (κ2) is 11.1. The number of aliphatic imine (C=N–C) groups is 1. The van der Waals surface area contributed by atoms with Crippen LogP contribution in [0.2, 0.25) is 0 Å². The predicted molar refractivity (Wildman–Crippen MR) is 123 cm³/mol. The first-order valence-corrected chi connectivity index (χ1v) is 9.67. The van der Waals surface area contributed by atoms with Gasteiger partial charge < -0.3 is 29.3 Å². The smallest absolute Gasteiger partial charge is 0.193 e. The zero-order valence-corrected chi connectivity index (χ0v) is 19.5. The van der Waals surface area contributed by atoms with Gasteiger partial charge in [0.15, 0.2) is 5.96 Å². The summed E-state index contributed by atoms with van der Waals surface area (Å²) in [7, 11) is 5.34. The van der Waals surface area contributed by atoms with Crippen molar-refractivity contribution in [3.05, 3.63) is 24.3 Å². The number of halogens is 1. The van der Waals surface area contributed by atoms with Crippen molar-refractivity contribution in [1.29, 1.82) is 0 Å². The van der Waals surface area contributed by atoms with Crippen LogP contribution in [0.15, 0.2) is 29.3 Å². The zero-order valence-electron chi connectivity index (χ0n) is 17.1. The quantitative estimate of drug-likeness (QED) is 0.377. The van der Waals surface area contributed by atoms with E-state index in [0.717, 1.165) is 70.5 Å². The summed E-state index contributed by atoms with van der Waals surface area (Å²) in [5, 5.41) is 3.53. The molecule has 0 bridgehead atoms. The summed E-state index contributed by atoms with van der Waals surface area (Å²) in [5.74, 6) is 1.84. The molecule has 0 amide bonds. The molecule has 0 radical (unpaired) electrons. The minimum Gasteiger partial charge on any atom is -0.497 e. The van der Waals surface area contributed by atoms with Crippen molar-refractivity contribution in [3.8, 4) is 5.75 Å². The molecular weight excluding hydrogens is 471 g/mol. The summed E-state index contributed by atoms with van der Waals surface area (Å²) in [5.41, 5.74) is 1.08. The minimum atomic E-state index is -0.154. The molecule has 0 spiro atoms. The van der Waals surface area contributed by atoms with Gasteiger partial charge in [0.1, 0.15) is 5.75 Å². The Bertz CT molecular complexity index is 612. The van der Waals surface area contributed by atoms with Crippen LogP contribution < -0.4 is 15.0 Å². The molecule has 0 saturated carbocycles. The molecule has 3 rings (SSSR count). The Labute approximate surface area is 185 Å². The first-order chi connectivity index (χ1) is 13.2. The van der Waals surface area contributed by atoms with E-state index in [1.165, 1.54) is 5.69 Å². The molecular formula is C20H33IN4O3. The third-order valence-corrected chi connectivity index (χ3v) is 5.63. The number of piperazine rings is 1. The van der Waals surface area contributed by atoms with Crippen LogP contribution in [0.25, 0.3) is 0 Å². The highest BCUT2D eigenvalue weighted by Gasteiger charge is 2.33. The van der Waals surface area contributed by atoms with Crippen LogP contribution in [0.5, 0.6) is 5.75 Å². The van der Waals surface area contributed by atoms with Gasteiger partial charge in [0.2, 0.25) is 0 Å². The van der Waals surface area contributed by atoms with Crippen molar-refractivity contribution in [2.24, 2.45) is 4.99 Å². The highest BCUT2D eigenvalue weighted by Crippen LogP contribution is 2.24. The largest absolute Gasteiger partial charge is 0.497 e. The van der Waals surface area contributed by atoms with E-state index < -0.39 is 0 Å². The van der Waals surface area contributed by atoms with Gasteiger partial charge in [-0.05, 0) is 24.3 Å². The molecule has 1 aromatic carbocycles. The van der Waals surface area contributed by atoms with E-state index in [9.17, 15) is 0 Å². The number of nitrogens with zero attached hydrogens (tertiary/aromatic N) is 3. The maximum absolute atomic E-state index is 5.82. The van der Waals surface area contributed by atoms with E-state index in [4.69, 9.17) is 14.2 Å². The van der Waals surface area contributed by atoms with Crippen LogP contribution in [0.1, 0.15) is 12.8 Å². The monoisotopic (exact) mass is 504 g/mol. The summed E-state index contributed by atoms with van der Waals surface area (Å²) in [6, 6.07) is 8.27. The number of ether oxygens (including phenoxy) is 3. The lowest BCUT2D eigenvalue weighted by Crippen LogP contribution is -2.56. The van der Waals surface area contributed by atoms with E-state index in [1.807, 2.05) is 19.2 Å². The zero-order chi connectivity index (χ0) is 19.1. The van der Waals surface area contributed by atoms with Gasteiger partial charge in [-0.3, -0.25) is 4.99 Å². The second-order valence-electron chi connectivity index (χ2n) is 7.07. The molecule has 2 heterocycles. The average molecular weight is 504 g/mol. The van der Waals surface area contributed by atoms with Crippen molar-refractivity contribution < 1.29 is 14.2 Å². The Balaban J connectivity index is 0.00000280. The summed E-state index contributed by atoms with van der Waals surface area (Å²) in [6.07, 6.45) is 1.83. The summed E-state index contributed by atoms with van der Waals surface area (Å²) < 4.78 is 16.5. The van der Waals surface area contributed by atoms with Crippen LogP contribution >= 0.6 is 24.0 Å². The summed E-state index contributed by atoms with van der Waals surface area (Å²) >= 11 is 0. The molecule has 0 aromatic heterocycles. The van der Waals surface area contributed by atoms with Crippen molar-refractivity contribution in [2.75, 3.05) is 72.1 Å². The first-order valence-electron chi connectivity index (χ1n) is 9.67. The third-order valence-electron chi connectivity index (χ3n) is 5.63. The molecule has 1 N–H and O–H groups in total. The van der Waals surface area contributed by atoms with E-state index >= 15 is 0 Å². The van der Waals surface area contributed by atoms with E-state index in [2.05, 4.69) is 32.2 Å². The molecule has 8 heteroatoms. The van der Waals surface area contributed by atoms with Crippen LogP contribution in [-0.2, 0) is 9.47 Å². The Kier molecular flexibility index (Phi) is 9.10. The highest BCUT2D eigenvalue weighted by atomic mass is 127. The SMILES string of the molecule is CN=C(NCC1(OC)CCOCC1)N1CCN(c2ccc(OC)cc2)CC1.I. The topological polar surface area (TPSA) is 58.6 Å². The second-order valence-corrected chi connectivity index (χ2v) is 7.07. The van der Waals surface area contributed by atoms with E-state index in [-0.39, 0.29) is 29.6 Å². The number of hydrogen-bond donors (Lipinski definition) is 1. The lowest BCUT2D eigenvalue weighted by atomic mass is 9.94. The minimum absolute atomic E-state index is 0. The molecule has 0 atom stereocenters. The van der Waals surface area contributed by atoms with Crippen LogP contribution in [0, 0.1) is 0 Å². The van der Waals surface area contributed by atoms with Gasteiger partial charge in [0.05, 0.1) is 12.7 Å². The molecule has 158 valence electrons. The number of methoxy groups -OCH3 is 2. The molecule has 2 aliphatic rings. The van der Waals surface area contributed by atoms with Gasteiger partial charge in [-0.1, -0.05) is 0 Å². The Morgan fingerprint density at radius 1 is 1.11 bits per heavy atom. The molecule has 28 heavy (non-hydrogen) atoms. The number of benzene rings is 1. The fourth-order valence-corrected chi connectivity index (χ4v) is 3.74. The van der Waals surface area contributed by atoms with Crippen LogP contribution in [0.4, 0.5) is 5.69 Å². The summed E-state index contributed by atoms with van der Waals surface area (Å²) in [4.78, 5) is 9.21. The van der Waals surface area contributed by atoms with Crippen LogP contribution in [0.3, 0.4) is 0 Å². The molecule has 2 fully saturated rings. The van der Waals surface area contributed by atoms with Gasteiger partial charge in [0, 0.05) is 78.6 Å². The van der Waals surface area contributed by atoms with Gasteiger partial charge in [-0.15, -0.1) is 24.0 Å². The van der Waals surface area contributed by atoms with Gasteiger partial charge >= 0.3 is 0 Å². The van der Waals surface area contributed by atoms with Gasteiger partial charge in [-0.2, -0.15) is 0 Å². The Morgan fingerprint density at radius 3 is 2.29 bits per heavy atom. The normalized spacial score (nSPS) is 19.8. The van der Waals surface area contributed by atoms with Gasteiger partial charge in [-0.25, -0.2) is 0 Å². The fraction of sp³-hybridized carbons (Fsp3) is 0.650. The average Bonchev–Trinajstić information content (AvgIpc) is 2.75. The summed E-state index contributed by atoms with van der Waals surface area (Å²) in [6.45, 7) is 6.09. The number of anilines is 1. The maximum atomic E-state index is 5.82. The fourth-order valence-electron chi connectivity index (χ4n) is 3.74. The molecule has 0 unspecified atom stereocenters. The molecule has 0 aliphatic carbocycles. The van der Waals surface area contributed by atoms with E-state index in [1.54, 1.807) is 14.2 Å². The molecule has 2 saturated heterocycles. The Hall–Kier alpha value is -1.26. The molecule has 1 aromatic rings. The third kappa shape index (κ3) is 5.64. The van der Waals surface area contributed by atoms with Crippen molar-refractivity contribution >= 4 is 35.6 Å². The van der Waals surface area contributed by atoms with Crippen LogP contribution in [-0.4, -0.2) is 83.7 Å². The molecule has 2 aliphatic heterocycles. The number of guanidine groups is 1. The lowest BCUT2D eigenvalue weighted by Gasteiger charge is -2.40. The highest BCUT2D eigenvalue weighted by molar-refractivity contribution is 14.0. The van der Waals surface area contributed by atoms with Crippen molar-refractivity contribution in [2.45, 2.75) is 18.4 Å². The number of hydrogen-bond acceptors (Lipinski definition) is 5. The van der Waals surface area contributed by atoms with Crippen molar-refractivity contribution in [1.82, 2.24) is 10.2 Å². The number of nitrogens with one attached hydrogen (secondary N) is 1. The molecule has 7 nitrogen and oxygen atoms in total. The van der Waals surface area contributed by atoms with Crippen molar-refractivity contribution in [3.63, 3.8) is 0 Å². The maximum Gasteiger partial charge on any atom is 0.193 e. The van der Waals surface area contributed by atoms with Gasteiger partial charge in [0.25, 0.3) is 0 Å². The standard InChI is InChI=1S/C20H32N4O3.HI/c1-21-19(22-16-20(26-3)8-14-27-15-9-20)24-12-10-23(11-13-24)17-4-6-18(25-2)7-5-17;/h4-7H,8-16H2,1-3H3,(H,21,22);1H. The lowest BCUT2D eigenvalue weighted by molar-refractivity contribution is -0.0857. The number of rotatable bonds is 5. The predicted octanol–water partition coefficient (Wildman–Crippen LogP) is 2.21. The Morgan fingerprint density at radius 2 is 1.75 bits per heavy atom. The van der Waals surface area contributed by atoms with E-state index in [0.29, 0.717) is 0 Å².